The smallest absolute Gasteiger partial charge is 0.391 e. The minimum Gasteiger partial charge on any atom is -0.391 e. The second-order valence-corrected chi connectivity index (χ2v) is 7.29. The van der Waals surface area contributed by atoms with Crippen LogP contribution in [-0.2, 0) is 17.5 Å². The highest BCUT2D eigenvalue weighted by Gasteiger charge is 2.30. The van der Waals surface area contributed by atoms with Gasteiger partial charge < -0.3 is 14.6 Å². The summed E-state index contributed by atoms with van der Waals surface area (Å²) in [6.45, 7) is 1.12. The molecule has 0 spiro atoms. The maximum Gasteiger partial charge on any atom is 0.416 e. The van der Waals surface area contributed by atoms with E-state index in [1.54, 1.807) is 27.9 Å². The molecule has 8 heteroatoms. The topological polar surface area (TPSA) is 58.4 Å². The molecule has 0 saturated carbocycles. The molecule has 1 aliphatic rings. The van der Waals surface area contributed by atoms with Crippen LogP contribution in [0.15, 0.2) is 48.8 Å². The molecule has 1 fully saturated rings. The number of hydrogen-bond acceptors (Lipinski definition) is 3. The molecule has 0 bridgehead atoms. The van der Waals surface area contributed by atoms with Gasteiger partial charge in [-0.1, -0.05) is 18.2 Å². The second-order valence-electron chi connectivity index (χ2n) is 7.29. The quantitative estimate of drug-likeness (QED) is 0.726. The normalized spacial score (nSPS) is 17.7. The highest BCUT2D eigenvalue weighted by Crippen LogP contribution is 2.31. The molecule has 1 aliphatic heterocycles. The van der Waals surface area contributed by atoms with Crippen LogP contribution in [0.4, 0.5) is 13.2 Å². The number of aromatic nitrogens is 2. The lowest BCUT2D eigenvalue weighted by atomic mass is 10.0. The number of benzene rings is 2. The first kappa shape index (κ1) is 19.4. The third-order valence-corrected chi connectivity index (χ3v) is 5.22. The molecule has 29 heavy (non-hydrogen) atoms. The molecule has 1 aromatic heterocycles. The first-order valence-electron chi connectivity index (χ1n) is 9.39. The summed E-state index contributed by atoms with van der Waals surface area (Å²) in [5.74, 6) is -0.0742. The molecule has 0 aliphatic carbocycles. The molecule has 1 atom stereocenters. The van der Waals surface area contributed by atoms with Gasteiger partial charge in [-0.2, -0.15) is 13.2 Å². The molecule has 5 nitrogen and oxygen atoms in total. The van der Waals surface area contributed by atoms with Crippen molar-refractivity contribution in [3.8, 4) is 11.1 Å². The Morgan fingerprint density at radius 2 is 1.86 bits per heavy atom. The van der Waals surface area contributed by atoms with Gasteiger partial charge in [0.2, 0.25) is 5.91 Å². The summed E-state index contributed by atoms with van der Waals surface area (Å²) in [7, 11) is 0. The number of aliphatic hydroxyl groups excluding tert-OH is 1. The number of carbonyl (C=O) groups excluding carboxylic acids is 1. The van der Waals surface area contributed by atoms with Gasteiger partial charge >= 0.3 is 6.18 Å². The van der Waals surface area contributed by atoms with Crippen molar-refractivity contribution < 1.29 is 23.1 Å². The van der Waals surface area contributed by atoms with E-state index in [2.05, 4.69) is 4.98 Å². The van der Waals surface area contributed by atoms with E-state index in [1.807, 2.05) is 6.07 Å². The Bertz CT molecular complexity index is 1030. The Morgan fingerprint density at radius 1 is 1.14 bits per heavy atom. The number of carbonyl (C=O) groups is 1. The minimum absolute atomic E-state index is 0.0742. The van der Waals surface area contributed by atoms with Crippen molar-refractivity contribution in [2.24, 2.45) is 0 Å². The molecule has 0 radical (unpaired) electrons. The number of piperidine rings is 1. The van der Waals surface area contributed by atoms with Crippen LogP contribution in [0.2, 0.25) is 0 Å². The molecule has 0 unspecified atom stereocenters. The monoisotopic (exact) mass is 403 g/mol. The molecular weight excluding hydrogens is 383 g/mol. The molecule has 152 valence electrons. The zero-order valence-electron chi connectivity index (χ0n) is 15.6. The standard InChI is InChI=1S/C21H20F3N3O2/c22-21(23,24)16-6-3-14(4-7-16)15-5-8-19-18(10-15)25-13-27(19)12-20(29)26-9-1-2-17(28)11-26/h3-8,10,13,17,28H,1-2,9,11-12H2/t17-/m1/s1. The zero-order valence-corrected chi connectivity index (χ0v) is 15.6. The van der Waals surface area contributed by atoms with E-state index in [0.29, 0.717) is 30.6 Å². The number of halogens is 3. The number of amides is 1. The molecule has 2 heterocycles. The van der Waals surface area contributed by atoms with E-state index in [9.17, 15) is 23.1 Å². The summed E-state index contributed by atoms with van der Waals surface area (Å²) in [6.07, 6.45) is -1.76. The first-order valence-corrected chi connectivity index (χ1v) is 9.39. The number of aliphatic hydroxyl groups is 1. The van der Waals surface area contributed by atoms with Gasteiger partial charge in [-0.15, -0.1) is 0 Å². The lowest BCUT2D eigenvalue weighted by Gasteiger charge is -2.30. The van der Waals surface area contributed by atoms with Crippen molar-refractivity contribution in [3.63, 3.8) is 0 Å². The second kappa shape index (κ2) is 7.51. The SMILES string of the molecule is O=C(Cn1cnc2cc(-c3ccc(C(F)(F)F)cc3)ccc21)N1CCC[C@@H](O)C1. The molecular formula is C21H20F3N3O2. The average molecular weight is 403 g/mol. The predicted molar refractivity (Wildman–Crippen MR) is 102 cm³/mol. The molecule has 1 amide bonds. The van der Waals surface area contributed by atoms with Gasteiger partial charge in [-0.05, 0) is 48.2 Å². The fourth-order valence-electron chi connectivity index (χ4n) is 3.65. The summed E-state index contributed by atoms with van der Waals surface area (Å²) < 4.78 is 40.0. The number of likely N-dealkylation sites (tertiary alicyclic amines) is 1. The number of imidazole rings is 1. The van der Waals surface area contributed by atoms with Crippen LogP contribution in [0.1, 0.15) is 18.4 Å². The average Bonchev–Trinajstić information content (AvgIpc) is 3.09. The first-order chi connectivity index (χ1) is 13.8. The summed E-state index contributed by atoms with van der Waals surface area (Å²) >= 11 is 0. The van der Waals surface area contributed by atoms with E-state index in [0.717, 1.165) is 29.6 Å². The van der Waals surface area contributed by atoms with Crippen LogP contribution in [0.3, 0.4) is 0 Å². The number of β-amino-alcohol motifs (C(OH)–C–C–N with tert-alkyl or cyclic N) is 1. The number of alkyl halides is 3. The number of hydrogen-bond donors (Lipinski definition) is 1. The van der Waals surface area contributed by atoms with Crippen LogP contribution in [0.5, 0.6) is 0 Å². The van der Waals surface area contributed by atoms with Gasteiger partial charge in [0.1, 0.15) is 6.54 Å². The van der Waals surface area contributed by atoms with Crippen LogP contribution < -0.4 is 0 Å². The number of nitrogens with zero attached hydrogens (tertiary/aromatic N) is 3. The summed E-state index contributed by atoms with van der Waals surface area (Å²) in [5, 5.41) is 9.75. The molecule has 4 rings (SSSR count). The van der Waals surface area contributed by atoms with Crippen LogP contribution in [0.25, 0.3) is 22.2 Å². The van der Waals surface area contributed by atoms with E-state index in [4.69, 9.17) is 0 Å². The van der Waals surface area contributed by atoms with Gasteiger partial charge in [-0.25, -0.2) is 4.98 Å². The predicted octanol–water partition coefficient (Wildman–Crippen LogP) is 3.71. The largest absolute Gasteiger partial charge is 0.416 e. The van der Waals surface area contributed by atoms with E-state index < -0.39 is 17.8 Å². The molecule has 3 aromatic rings. The molecule has 1 saturated heterocycles. The molecule has 1 N–H and O–H groups in total. The van der Waals surface area contributed by atoms with Gasteiger partial charge in [0, 0.05) is 13.1 Å². The third-order valence-electron chi connectivity index (χ3n) is 5.22. The summed E-state index contributed by atoms with van der Waals surface area (Å²) in [5.41, 5.74) is 2.16. The maximum absolute atomic E-state index is 12.7. The summed E-state index contributed by atoms with van der Waals surface area (Å²) in [6, 6.07) is 10.4. The highest BCUT2D eigenvalue weighted by atomic mass is 19.4. The maximum atomic E-state index is 12.7. The van der Waals surface area contributed by atoms with Crippen LogP contribution in [-0.4, -0.2) is 44.7 Å². The lowest BCUT2D eigenvalue weighted by molar-refractivity contribution is -0.137. The van der Waals surface area contributed by atoms with E-state index in [-0.39, 0.29) is 12.5 Å². The Morgan fingerprint density at radius 3 is 2.55 bits per heavy atom. The molecule has 2 aromatic carbocycles. The third kappa shape index (κ3) is 4.12. The Labute approximate surface area is 165 Å². The van der Waals surface area contributed by atoms with Crippen molar-refractivity contribution in [1.29, 1.82) is 0 Å². The Kier molecular flexibility index (Phi) is 5.04. The fraction of sp³-hybridized carbons (Fsp3) is 0.333. The fourth-order valence-corrected chi connectivity index (χ4v) is 3.65. The Hall–Kier alpha value is -2.87. The van der Waals surface area contributed by atoms with Gasteiger partial charge in [-0.3, -0.25) is 4.79 Å². The van der Waals surface area contributed by atoms with Crippen LogP contribution >= 0.6 is 0 Å². The number of fused-ring (bicyclic) bond motifs is 1. The lowest BCUT2D eigenvalue weighted by Crippen LogP contribution is -2.43. The van der Waals surface area contributed by atoms with Crippen LogP contribution in [0, 0.1) is 0 Å². The van der Waals surface area contributed by atoms with Crippen molar-refractivity contribution in [1.82, 2.24) is 14.5 Å². The minimum atomic E-state index is -4.36. The zero-order chi connectivity index (χ0) is 20.6. The van der Waals surface area contributed by atoms with Crippen molar-refractivity contribution in [2.75, 3.05) is 13.1 Å². The van der Waals surface area contributed by atoms with Gasteiger partial charge in [0.25, 0.3) is 0 Å². The van der Waals surface area contributed by atoms with E-state index >= 15 is 0 Å². The number of rotatable bonds is 3. The Balaban J connectivity index is 1.54. The van der Waals surface area contributed by atoms with Gasteiger partial charge in [0.05, 0.1) is 29.0 Å². The van der Waals surface area contributed by atoms with Crippen molar-refractivity contribution >= 4 is 16.9 Å². The van der Waals surface area contributed by atoms with Gasteiger partial charge in [0.15, 0.2) is 0 Å². The van der Waals surface area contributed by atoms with E-state index in [1.165, 1.54) is 12.1 Å². The highest BCUT2D eigenvalue weighted by molar-refractivity contribution is 5.84. The van der Waals surface area contributed by atoms with Crippen molar-refractivity contribution in [2.45, 2.75) is 31.7 Å². The summed E-state index contributed by atoms with van der Waals surface area (Å²) in [4.78, 5) is 18.5. The van der Waals surface area contributed by atoms with Crippen molar-refractivity contribution in [3.05, 3.63) is 54.4 Å².